The summed E-state index contributed by atoms with van der Waals surface area (Å²) < 4.78 is 13.3. The number of rotatable bonds is 4. The minimum atomic E-state index is 0.439. The SMILES string of the molecule is Cn1cc(-c2ccc(CN3CCCC3c3ccc4c(c3)OCCO4)cc2)cn1. The third-order valence-corrected chi connectivity index (χ3v) is 5.69. The van der Waals surface area contributed by atoms with E-state index in [1.165, 1.54) is 29.5 Å². The van der Waals surface area contributed by atoms with Gasteiger partial charge in [0.05, 0.1) is 6.20 Å². The Morgan fingerprint density at radius 2 is 1.82 bits per heavy atom. The molecule has 1 saturated heterocycles. The fourth-order valence-corrected chi connectivity index (χ4v) is 4.27. The van der Waals surface area contributed by atoms with E-state index in [1.54, 1.807) is 0 Å². The predicted octanol–water partition coefficient (Wildman–Crippen LogP) is 4.20. The lowest BCUT2D eigenvalue weighted by Crippen LogP contribution is -2.23. The molecule has 0 aliphatic carbocycles. The lowest BCUT2D eigenvalue weighted by Gasteiger charge is -2.26. The lowest BCUT2D eigenvalue weighted by molar-refractivity contribution is 0.170. The molecule has 3 heterocycles. The van der Waals surface area contributed by atoms with E-state index in [2.05, 4.69) is 52.5 Å². The van der Waals surface area contributed by atoms with Gasteiger partial charge in [0.1, 0.15) is 13.2 Å². The van der Waals surface area contributed by atoms with Crippen molar-refractivity contribution in [3.63, 3.8) is 0 Å². The molecule has 0 amide bonds. The molecule has 3 aromatic rings. The number of aromatic nitrogens is 2. The van der Waals surface area contributed by atoms with Gasteiger partial charge in [-0.15, -0.1) is 0 Å². The predicted molar refractivity (Wildman–Crippen MR) is 108 cm³/mol. The van der Waals surface area contributed by atoms with E-state index in [0.29, 0.717) is 19.3 Å². The van der Waals surface area contributed by atoms with Gasteiger partial charge in [0.25, 0.3) is 0 Å². The van der Waals surface area contributed by atoms with Gasteiger partial charge in [-0.1, -0.05) is 30.3 Å². The molecule has 1 aromatic heterocycles. The van der Waals surface area contributed by atoms with Crippen molar-refractivity contribution in [1.82, 2.24) is 14.7 Å². The Morgan fingerprint density at radius 1 is 1.00 bits per heavy atom. The molecule has 5 heteroatoms. The van der Waals surface area contributed by atoms with Gasteiger partial charge in [-0.25, -0.2) is 0 Å². The van der Waals surface area contributed by atoms with Gasteiger partial charge >= 0.3 is 0 Å². The Kier molecular flexibility index (Phi) is 4.53. The first kappa shape index (κ1) is 17.3. The summed E-state index contributed by atoms with van der Waals surface area (Å²) in [7, 11) is 1.95. The number of hydrogen-bond donors (Lipinski definition) is 0. The highest BCUT2D eigenvalue weighted by Crippen LogP contribution is 2.38. The summed E-state index contributed by atoms with van der Waals surface area (Å²) in [5.41, 5.74) is 5.04. The van der Waals surface area contributed by atoms with Crippen LogP contribution in [0.25, 0.3) is 11.1 Å². The normalized spacial score (nSPS) is 19.1. The quantitative estimate of drug-likeness (QED) is 0.685. The highest BCUT2D eigenvalue weighted by Gasteiger charge is 2.27. The molecule has 144 valence electrons. The zero-order valence-electron chi connectivity index (χ0n) is 16.2. The Bertz CT molecular complexity index is 964. The molecule has 2 aliphatic heterocycles. The number of nitrogens with zero attached hydrogens (tertiary/aromatic N) is 3. The molecule has 1 atom stereocenters. The van der Waals surface area contributed by atoms with Gasteiger partial charge in [-0.2, -0.15) is 5.10 Å². The maximum atomic E-state index is 5.78. The fourth-order valence-electron chi connectivity index (χ4n) is 4.27. The van der Waals surface area contributed by atoms with E-state index >= 15 is 0 Å². The maximum Gasteiger partial charge on any atom is 0.161 e. The van der Waals surface area contributed by atoms with Crippen LogP contribution < -0.4 is 9.47 Å². The molecule has 0 bridgehead atoms. The number of benzene rings is 2. The molecule has 2 aliphatic rings. The molecule has 5 nitrogen and oxygen atoms in total. The highest BCUT2D eigenvalue weighted by molar-refractivity contribution is 5.61. The highest BCUT2D eigenvalue weighted by atomic mass is 16.6. The zero-order chi connectivity index (χ0) is 18.9. The molecular formula is C23H25N3O2. The first-order chi connectivity index (χ1) is 13.8. The van der Waals surface area contributed by atoms with Crippen molar-refractivity contribution >= 4 is 0 Å². The van der Waals surface area contributed by atoms with Crippen molar-refractivity contribution in [3.8, 4) is 22.6 Å². The molecule has 1 unspecified atom stereocenters. The minimum Gasteiger partial charge on any atom is -0.486 e. The van der Waals surface area contributed by atoms with Crippen LogP contribution in [0.3, 0.4) is 0 Å². The molecule has 0 spiro atoms. The molecular weight excluding hydrogens is 350 g/mol. The molecule has 5 rings (SSSR count). The number of likely N-dealkylation sites (tertiary alicyclic amines) is 1. The van der Waals surface area contributed by atoms with Crippen LogP contribution in [0, 0.1) is 0 Å². The Balaban J connectivity index is 1.32. The average Bonchev–Trinajstić information content (AvgIpc) is 3.37. The van der Waals surface area contributed by atoms with E-state index in [1.807, 2.05) is 24.1 Å². The molecule has 0 saturated carbocycles. The van der Waals surface area contributed by atoms with Crippen molar-refractivity contribution in [3.05, 3.63) is 66.0 Å². The average molecular weight is 375 g/mol. The molecule has 1 fully saturated rings. The molecule has 0 N–H and O–H groups in total. The van der Waals surface area contributed by atoms with E-state index < -0.39 is 0 Å². The lowest BCUT2D eigenvalue weighted by atomic mass is 10.0. The van der Waals surface area contributed by atoms with Crippen molar-refractivity contribution in [1.29, 1.82) is 0 Å². The smallest absolute Gasteiger partial charge is 0.161 e. The van der Waals surface area contributed by atoms with Crippen LogP contribution in [0.2, 0.25) is 0 Å². The Labute approximate surface area is 165 Å². The van der Waals surface area contributed by atoms with E-state index in [9.17, 15) is 0 Å². The summed E-state index contributed by atoms with van der Waals surface area (Å²) in [5, 5.41) is 4.26. The van der Waals surface area contributed by atoms with Crippen LogP contribution in [-0.2, 0) is 13.6 Å². The second-order valence-electron chi connectivity index (χ2n) is 7.63. The van der Waals surface area contributed by atoms with Crippen LogP contribution in [-0.4, -0.2) is 34.4 Å². The van der Waals surface area contributed by atoms with Crippen molar-refractivity contribution in [2.24, 2.45) is 7.05 Å². The first-order valence-corrected chi connectivity index (χ1v) is 9.98. The fraction of sp³-hybridized carbons (Fsp3) is 0.348. The standard InChI is InChI=1S/C23H25N3O2/c1-25-16-20(14-24-25)18-6-4-17(5-7-18)15-26-10-2-3-21(26)19-8-9-22-23(13-19)28-12-11-27-22/h4-9,13-14,16,21H,2-3,10-12,15H2,1H3. The Hall–Kier alpha value is -2.79. The number of aryl methyl sites for hydroxylation is 1. The third kappa shape index (κ3) is 3.38. The minimum absolute atomic E-state index is 0.439. The van der Waals surface area contributed by atoms with Gasteiger partial charge < -0.3 is 9.47 Å². The van der Waals surface area contributed by atoms with Crippen molar-refractivity contribution in [2.75, 3.05) is 19.8 Å². The number of fused-ring (bicyclic) bond motifs is 1. The van der Waals surface area contributed by atoms with Crippen LogP contribution in [0.15, 0.2) is 54.9 Å². The largest absolute Gasteiger partial charge is 0.486 e. The third-order valence-electron chi connectivity index (χ3n) is 5.69. The maximum absolute atomic E-state index is 5.78. The van der Waals surface area contributed by atoms with Crippen molar-refractivity contribution in [2.45, 2.75) is 25.4 Å². The summed E-state index contributed by atoms with van der Waals surface area (Å²) in [5.74, 6) is 1.75. The first-order valence-electron chi connectivity index (χ1n) is 9.98. The van der Waals surface area contributed by atoms with Crippen LogP contribution in [0.5, 0.6) is 11.5 Å². The van der Waals surface area contributed by atoms with Gasteiger partial charge in [0.2, 0.25) is 0 Å². The van der Waals surface area contributed by atoms with Crippen LogP contribution >= 0.6 is 0 Å². The summed E-state index contributed by atoms with van der Waals surface area (Å²) >= 11 is 0. The zero-order valence-corrected chi connectivity index (χ0v) is 16.2. The monoisotopic (exact) mass is 375 g/mol. The molecule has 28 heavy (non-hydrogen) atoms. The van der Waals surface area contributed by atoms with Crippen LogP contribution in [0.4, 0.5) is 0 Å². The summed E-state index contributed by atoms with van der Waals surface area (Å²) in [6.07, 6.45) is 6.38. The van der Waals surface area contributed by atoms with E-state index in [4.69, 9.17) is 9.47 Å². The molecule has 2 aromatic carbocycles. The molecule has 0 radical (unpaired) electrons. The topological polar surface area (TPSA) is 39.5 Å². The van der Waals surface area contributed by atoms with Gasteiger partial charge in [0, 0.05) is 31.4 Å². The number of hydrogen-bond acceptors (Lipinski definition) is 4. The summed E-state index contributed by atoms with van der Waals surface area (Å²) in [6.45, 7) is 3.36. The van der Waals surface area contributed by atoms with Gasteiger partial charge in [-0.05, 0) is 48.2 Å². The van der Waals surface area contributed by atoms with Crippen LogP contribution in [0.1, 0.15) is 30.0 Å². The number of ether oxygens (including phenoxy) is 2. The summed E-state index contributed by atoms with van der Waals surface area (Å²) in [6, 6.07) is 15.7. The van der Waals surface area contributed by atoms with Gasteiger partial charge in [-0.3, -0.25) is 9.58 Å². The van der Waals surface area contributed by atoms with E-state index in [-0.39, 0.29) is 0 Å². The van der Waals surface area contributed by atoms with Crippen molar-refractivity contribution < 1.29 is 9.47 Å². The second kappa shape index (κ2) is 7.32. The second-order valence-corrected chi connectivity index (χ2v) is 7.63. The summed E-state index contributed by atoms with van der Waals surface area (Å²) in [4.78, 5) is 2.57. The Morgan fingerprint density at radius 3 is 2.61 bits per heavy atom. The van der Waals surface area contributed by atoms with Gasteiger partial charge in [0.15, 0.2) is 11.5 Å². The van der Waals surface area contributed by atoms with E-state index in [0.717, 1.165) is 30.2 Å².